The summed E-state index contributed by atoms with van der Waals surface area (Å²) in [6.07, 6.45) is 4.45. The van der Waals surface area contributed by atoms with Gasteiger partial charge in [-0.3, -0.25) is 4.79 Å². The number of carbonyl (C=O) groups excluding carboxylic acids is 1. The summed E-state index contributed by atoms with van der Waals surface area (Å²) in [6.45, 7) is 5.60. The topological polar surface area (TPSA) is 57.6 Å². The molecular weight excluding hydrogens is 262 g/mol. The van der Waals surface area contributed by atoms with Crippen LogP contribution in [0, 0.1) is 0 Å². The maximum atomic E-state index is 12.3. The van der Waals surface area contributed by atoms with Crippen molar-refractivity contribution in [3.63, 3.8) is 0 Å². The molecule has 0 atom stereocenters. The minimum atomic E-state index is -0.986. The van der Waals surface area contributed by atoms with Gasteiger partial charge in [0.2, 0.25) is 0 Å². The second-order valence-electron chi connectivity index (χ2n) is 4.17. The van der Waals surface area contributed by atoms with E-state index in [9.17, 15) is 9.59 Å². The smallest absolute Gasteiger partial charge is 0.328 e. The van der Waals surface area contributed by atoms with Crippen LogP contribution in [0.5, 0.6) is 0 Å². The second-order valence-corrected chi connectivity index (χ2v) is 5.28. The molecule has 1 amide bonds. The Labute approximate surface area is 117 Å². The number of nitrogens with zero attached hydrogens (tertiary/aromatic N) is 1. The lowest BCUT2D eigenvalue weighted by Gasteiger charge is -2.20. The number of carboxylic acids is 1. The van der Waals surface area contributed by atoms with Gasteiger partial charge in [0.15, 0.2) is 0 Å². The summed E-state index contributed by atoms with van der Waals surface area (Å²) in [5.74, 6) is -0.955. The number of carboxylic acid groups (broad SMARTS) is 1. The minimum Gasteiger partial charge on any atom is -0.478 e. The third kappa shape index (κ3) is 4.87. The van der Waals surface area contributed by atoms with Crippen molar-refractivity contribution in [2.75, 3.05) is 13.1 Å². The Morgan fingerprint density at radius 1 is 1.26 bits per heavy atom. The maximum Gasteiger partial charge on any atom is 0.328 e. The van der Waals surface area contributed by atoms with Crippen LogP contribution in [0.4, 0.5) is 0 Å². The fourth-order valence-corrected chi connectivity index (χ4v) is 2.60. The van der Waals surface area contributed by atoms with E-state index in [4.69, 9.17) is 5.11 Å². The Kier molecular flexibility index (Phi) is 6.29. The van der Waals surface area contributed by atoms with Crippen molar-refractivity contribution in [3.8, 4) is 0 Å². The van der Waals surface area contributed by atoms with Gasteiger partial charge in [0, 0.05) is 24.0 Å². The summed E-state index contributed by atoms with van der Waals surface area (Å²) >= 11 is 1.32. The molecule has 1 aromatic rings. The normalized spacial score (nSPS) is 10.8. The molecule has 1 heterocycles. The monoisotopic (exact) mass is 281 g/mol. The Morgan fingerprint density at radius 2 is 1.89 bits per heavy atom. The van der Waals surface area contributed by atoms with Gasteiger partial charge in [0.1, 0.15) is 0 Å². The molecule has 5 heteroatoms. The van der Waals surface area contributed by atoms with Gasteiger partial charge in [0.05, 0.1) is 4.88 Å². The highest BCUT2D eigenvalue weighted by Crippen LogP contribution is 2.20. The van der Waals surface area contributed by atoms with Crippen LogP contribution in [0.15, 0.2) is 18.2 Å². The van der Waals surface area contributed by atoms with Crippen molar-refractivity contribution in [3.05, 3.63) is 28.0 Å². The number of aliphatic carboxylic acids is 1. The number of carbonyl (C=O) groups is 2. The average Bonchev–Trinajstić information content (AvgIpc) is 2.84. The summed E-state index contributed by atoms with van der Waals surface area (Å²) in [5, 5.41) is 8.56. The van der Waals surface area contributed by atoms with Crippen molar-refractivity contribution >= 4 is 29.3 Å². The zero-order chi connectivity index (χ0) is 14.3. The first-order valence-electron chi connectivity index (χ1n) is 6.38. The molecule has 1 aromatic heterocycles. The van der Waals surface area contributed by atoms with Gasteiger partial charge in [-0.2, -0.15) is 0 Å². The van der Waals surface area contributed by atoms with Crippen molar-refractivity contribution < 1.29 is 14.7 Å². The average molecular weight is 281 g/mol. The first kappa shape index (κ1) is 15.4. The molecule has 0 aromatic carbocycles. The summed E-state index contributed by atoms with van der Waals surface area (Å²) in [5.41, 5.74) is 0. The van der Waals surface area contributed by atoms with Gasteiger partial charge in [-0.05, 0) is 31.1 Å². The molecule has 0 saturated heterocycles. The van der Waals surface area contributed by atoms with Crippen LogP contribution in [-0.4, -0.2) is 35.0 Å². The lowest BCUT2D eigenvalue weighted by molar-refractivity contribution is -0.131. The molecule has 0 fully saturated rings. The third-order valence-electron chi connectivity index (χ3n) is 2.50. The lowest BCUT2D eigenvalue weighted by Crippen LogP contribution is -2.31. The van der Waals surface area contributed by atoms with Crippen LogP contribution in [-0.2, 0) is 4.79 Å². The molecule has 1 N–H and O–H groups in total. The molecule has 19 heavy (non-hydrogen) atoms. The Bertz CT molecular complexity index is 459. The fraction of sp³-hybridized carbons (Fsp3) is 0.429. The van der Waals surface area contributed by atoms with E-state index in [2.05, 4.69) is 0 Å². The number of thiophene rings is 1. The number of rotatable bonds is 7. The summed E-state index contributed by atoms with van der Waals surface area (Å²) < 4.78 is 0. The van der Waals surface area contributed by atoms with Crippen LogP contribution in [0.1, 0.15) is 41.2 Å². The van der Waals surface area contributed by atoms with Gasteiger partial charge in [-0.25, -0.2) is 4.79 Å². The molecule has 0 spiro atoms. The fourth-order valence-electron chi connectivity index (χ4n) is 1.72. The molecule has 0 saturated carbocycles. The van der Waals surface area contributed by atoms with Crippen LogP contribution < -0.4 is 0 Å². The van der Waals surface area contributed by atoms with Gasteiger partial charge >= 0.3 is 5.97 Å². The molecule has 0 aliphatic heterocycles. The standard InChI is InChI=1S/C14H19NO3S/c1-3-9-15(10-4-2)14(18)12-7-5-11(19-12)6-8-13(16)17/h5-8H,3-4,9-10H2,1-2H3,(H,16,17). The highest BCUT2D eigenvalue weighted by molar-refractivity contribution is 7.14. The van der Waals surface area contributed by atoms with Crippen molar-refractivity contribution in [1.82, 2.24) is 4.90 Å². The number of hydrogen-bond acceptors (Lipinski definition) is 3. The van der Waals surface area contributed by atoms with Crippen molar-refractivity contribution in [2.24, 2.45) is 0 Å². The minimum absolute atomic E-state index is 0.0312. The van der Waals surface area contributed by atoms with Crippen molar-refractivity contribution in [1.29, 1.82) is 0 Å². The predicted octanol–water partition coefficient (Wildman–Crippen LogP) is 3.11. The van der Waals surface area contributed by atoms with E-state index >= 15 is 0 Å². The third-order valence-corrected chi connectivity index (χ3v) is 3.54. The van der Waals surface area contributed by atoms with Crippen molar-refractivity contribution in [2.45, 2.75) is 26.7 Å². The summed E-state index contributed by atoms with van der Waals surface area (Å²) in [4.78, 5) is 26.0. The molecule has 104 valence electrons. The van der Waals surface area contributed by atoms with Gasteiger partial charge in [-0.1, -0.05) is 13.8 Å². The van der Waals surface area contributed by atoms with Crippen LogP contribution in [0.25, 0.3) is 6.08 Å². The molecule has 0 unspecified atom stereocenters. The SMILES string of the molecule is CCCN(CCC)C(=O)c1ccc(C=CC(=O)O)s1. The number of amides is 1. The highest BCUT2D eigenvalue weighted by Gasteiger charge is 2.15. The molecule has 1 rings (SSSR count). The Hall–Kier alpha value is -1.62. The van der Waals surface area contributed by atoms with E-state index < -0.39 is 5.97 Å². The van der Waals surface area contributed by atoms with Crippen LogP contribution in [0.3, 0.4) is 0 Å². The second kappa shape index (κ2) is 7.74. The molecule has 0 radical (unpaired) electrons. The molecule has 0 aliphatic rings. The maximum absolute atomic E-state index is 12.3. The van der Waals surface area contributed by atoms with Gasteiger partial charge in [-0.15, -0.1) is 11.3 Å². The molecular formula is C14H19NO3S. The number of hydrogen-bond donors (Lipinski definition) is 1. The molecule has 0 aliphatic carbocycles. The quantitative estimate of drug-likeness (QED) is 0.781. The van der Waals surface area contributed by atoms with E-state index in [1.54, 1.807) is 12.1 Å². The largest absolute Gasteiger partial charge is 0.478 e. The predicted molar refractivity (Wildman–Crippen MR) is 77.5 cm³/mol. The summed E-state index contributed by atoms with van der Waals surface area (Å²) in [6, 6.07) is 3.53. The van der Waals surface area contributed by atoms with Gasteiger partial charge in [0.25, 0.3) is 5.91 Å². The van der Waals surface area contributed by atoms with E-state index in [1.807, 2.05) is 18.7 Å². The first-order valence-corrected chi connectivity index (χ1v) is 7.20. The highest BCUT2D eigenvalue weighted by atomic mass is 32.1. The zero-order valence-corrected chi connectivity index (χ0v) is 12.1. The Morgan fingerprint density at radius 3 is 2.42 bits per heavy atom. The van der Waals surface area contributed by atoms with E-state index in [1.165, 1.54) is 17.4 Å². The summed E-state index contributed by atoms with van der Waals surface area (Å²) in [7, 11) is 0. The Balaban J connectivity index is 2.78. The molecule has 0 bridgehead atoms. The zero-order valence-electron chi connectivity index (χ0n) is 11.3. The van der Waals surface area contributed by atoms with E-state index in [0.717, 1.165) is 36.9 Å². The molecule has 4 nitrogen and oxygen atoms in total. The van der Waals surface area contributed by atoms with Crippen LogP contribution in [0.2, 0.25) is 0 Å². The lowest BCUT2D eigenvalue weighted by atomic mass is 10.3. The first-order chi connectivity index (χ1) is 9.08. The van der Waals surface area contributed by atoms with E-state index in [-0.39, 0.29) is 5.91 Å². The van der Waals surface area contributed by atoms with Gasteiger partial charge < -0.3 is 10.0 Å². The van der Waals surface area contributed by atoms with E-state index in [0.29, 0.717) is 4.88 Å². The van der Waals surface area contributed by atoms with Crippen LogP contribution >= 0.6 is 11.3 Å².